The van der Waals surface area contributed by atoms with Gasteiger partial charge in [0.15, 0.2) is 0 Å². The van der Waals surface area contributed by atoms with Crippen LogP contribution in [0.25, 0.3) is 44.2 Å². The van der Waals surface area contributed by atoms with Gasteiger partial charge in [0.25, 0.3) is 0 Å². The van der Waals surface area contributed by atoms with Gasteiger partial charge in [0, 0.05) is 27.9 Å². The molecule has 0 saturated heterocycles. The average Bonchev–Trinajstić information content (AvgIpc) is 3.38. The van der Waals surface area contributed by atoms with Gasteiger partial charge in [-0.1, -0.05) is 109 Å². The highest BCUT2D eigenvalue weighted by Gasteiger charge is 2.23. The lowest BCUT2D eigenvalue weighted by molar-refractivity contribution is 0.632. The van der Waals surface area contributed by atoms with Crippen LogP contribution in [0.1, 0.15) is 0 Å². The number of hydrogen-bond acceptors (Lipinski definition) is 2. The number of furan rings is 1. The van der Waals surface area contributed by atoms with Crippen LogP contribution in [-0.2, 0) is 0 Å². The summed E-state index contributed by atoms with van der Waals surface area (Å²) in [5.74, 6) is 0.870. The minimum atomic E-state index is 0.870. The molecular formula is C36H25NO. The number of anilines is 3. The molecule has 0 spiro atoms. The highest BCUT2D eigenvalue weighted by molar-refractivity contribution is 6.04. The Hall–Kier alpha value is -5.08. The van der Waals surface area contributed by atoms with E-state index in [1.165, 1.54) is 10.8 Å². The third-order valence-corrected chi connectivity index (χ3v) is 7.05. The van der Waals surface area contributed by atoms with Gasteiger partial charge >= 0.3 is 0 Å². The van der Waals surface area contributed by atoms with Crippen molar-refractivity contribution >= 4 is 38.8 Å². The molecule has 0 unspecified atom stereocenters. The van der Waals surface area contributed by atoms with Gasteiger partial charge < -0.3 is 9.32 Å². The Morgan fingerprint density at radius 2 is 1.13 bits per heavy atom. The highest BCUT2D eigenvalue weighted by Crippen LogP contribution is 2.47. The smallest absolute Gasteiger partial charge is 0.145 e. The second-order valence-electron chi connectivity index (χ2n) is 9.39. The molecule has 1 heterocycles. The third kappa shape index (κ3) is 3.84. The number of fused-ring (bicyclic) bond motifs is 2. The first-order chi connectivity index (χ1) is 18.9. The van der Waals surface area contributed by atoms with Crippen molar-refractivity contribution in [3.05, 3.63) is 152 Å². The monoisotopic (exact) mass is 487 g/mol. The Kier molecular flexibility index (Phi) is 5.49. The number of para-hydroxylation sites is 3. The Morgan fingerprint density at radius 1 is 0.474 bits per heavy atom. The summed E-state index contributed by atoms with van der Waals surface area (Å²) in [5.41, 5.74) is 7.42. The zero-order valence-corrected chi connectivity index (χ0v) is 20.8. The van der Waals surface area contributed by atoms with E-state index < -0.39 is 0 Å². The molecule has 0 N–H and O–H groups in total. The van der Waals surface area contributed by atoms with Crippen molar-refractivity contribution in [2.45, 2.75) is 0 Å². The third-order valence-electron chi connectivity index (χ3n) is 7.05. The zero-order valence-electron chi connectivity index (χ0n) is 20.8. The molecule has 0 radical (unpaired) electrons. The molecule has 7 aromatic rings. The zero-order chi connectivity index (χ0) is 25.3. The first kappa shape index (κ1) is 22.1. The quantitative estimate of drug-likeness (QED) is 0.240. The normalized spacial score (nSPS) is 11.2. The lowest BCUT2D eigenvalue weighted by Gasteiger charge is -2.27. The molecule has 0 saturated carbocycles. The summed E-state index contributed by atoms with van der Waals surface area (Å²) in [6.07, 6.45) is 0. The van der Waals surface area contributed by atoms with Crippen LogP contribution in [0, 0.1) is 0 Å². The number of rotatable bonds is 5. The molecule has 0 aliphatic carbocycles. The van der Waals surface area contributed by atoms with Crippen molar-refractivity contribution in [2.24, 2.45) is 0 Å². The van der Waals surface area contributed by atoms with Gasteiger partial charge in [-0.2, -0.15) is 0 Å². The van der Waals surface area contributed by atoms with Crippen molar-refractivity contribution in [1.82, 2.24) is 0 Å². The number of benzene rings is 6. The standard InChI is InChI=1S/C36H25NO/c1-3-14-27(15-4-1)35-32-20-10-12-22-34(32)38-36(35)31-19-9-11-21-33(31)37(29-17-5-2-6-18-29)30-24-23-26-13-7-8-16-28(26)25-30/h1-25H. The Balaban J connectivity index is 1.50. The first-order valence-electron chi connectivity index (χ1n) is 12.9. The molecule has 0 aliphatic heterocycles. The predicted molar refractivity (Wildman–Crippen MR) is 159 cm³/mol. The molecule has 0 atom stereocenters. The van der Waals surface area contributed by atoms with Gasteiger partial charge in [0.05, 0.1) is 5.69 Å². The maximum absolute atomic E-state index is 6.65. The van der Waals surface area contributed by atoms with E-state index in [4.69, 9.17) is 4.42 Å². The van der Waals surface area contributed by atoms with Crippen molar-refractivity contribution in [2.75, 3.05) is 4.90 Å². The Bertz CT molecular complexity index is 1870. The van der Waals surface area contributed by atoms with Crippen LogP contribution >= 0.6 is 0 Å². The molecule has 0 bridgehead atoms. The van der Waals surface area contributed by atoms with E-state index in [0.29, 0.717) is 0 Å². The first-order valence-corrected chi connectivity index (χ1v) is 12.9. The second kappa shape index (κ2) is 9.42. The van der Waals surface area contributed by atoms with E-state index in [2.05, 4.69) is 144 Å². The molecule has 0 amide bonds. The fourth-order valence-corrected chi connectivity index (χ4v) is 5.31. The molecule has 180 valence electrons. The van der Waals surface area contributed by atoms with Gasteiger partial charge in [0.1, 0.15) is 11.3 Å². The van der Waals surface area contributed by atoms with Crippen LogP contribution in [0.2, 0.25) is 0 Å². The SMILES string of the molecule is c1ccc(-c2c(-c3ccccc3N(c3ccccc3)c3ccc4ccccc4c3)oc3ccccc23)cc1. The summed E-state index contributed by atoms with van der Waals surface area (Å²) in [7, 11) is 0. The van der Waals surface area contributed by atoms with E-state index in [1.807, 2.05) is 12.1 Å². The van der Waals surface area contributed by atoms with E-state index >= 15 is 0 Å². The topological polar surface area (TPSA) is 16.4 Å². The average molecular weight is 488 g/mol. The van der Waals surface area contributed by atoms with Crippen LogP contribution in [0.15, 0.2) is 156 Å². The van der Waals surface area contributed by atoms with Crippen LogP contribution in [-0.4, -0.2) is 0 Å². The predicted octanol–water partition coefficient (Wildman–Crippen LogP) is 10.4. The summed E-state index contributed by atoms with van der Waals surface area (Å²) in [6.45, 7) is 0. The molecule has 0 aliphatic rings. The lowest BCUT2D eigenvalue weighted by Crippen LogP contribution is -2.11. The van der Waals surface area contributed by atoms with Crippen molar-refractivity contribution in [3.63, 3.8) is 0 Å². The van der Waals surface area contributed by atoms with Gasteiger partial charge in [-0.15, -0.1) is 0 Å². The van der Waals surface area contributed by atoms with Crippen LogP contribution in [0.4, 0.5) is 17.1 Å². The van der Waals surface area contributed by atoms with E-state index in [0.717, 1.165) is 50.5 Å². The molecule has 7 rings (SSSR count). The highest BCUT2D eigenvalue weighted by atomic mass is 16.3. The molecule has 6 aromatic carbocycles. The fourth-order valence-electron chi connectivity index (χ4n) is 5.31. The van der Waals surface area contributed by atoms with Gasteiger partial charge in [-0.05, 0) is 58.8 Å². The lowest BCUT2D eigenvalue weighted by atomic mass is 9.97. The van der Waals surface area contributed by atoms with E-state index in [-0.39, 0.29) is 0 Å². The van der Waals surface area contributed by atoms with Crippen molar-refractivity contribution < 1.29 is 4.42 Å². The largest absolute Gasteiger partial charge is 0.455 e. The molecule has 2 nitrogen and oxygen atoms in total. The fraction of sp³-hybridized carbons (Fsp3) is 0. The van der Waals surface area contributed by atoms with Crippen molar-refractivity contribution in [1.29, 1.82) is 0 Å². The number of nitrogens with zero attached hydrogens (tertiary/aromatic N) is 1. The Labute approximate surface area is 222 Å². The molecular weight excluding hydrogens is 462 g/mol. The minimum absolute atomic E-state index is 0.870. The van der Waals surface area contributed by atoms with Crippen LogP contribution in [0.5, 0.6) is 0 Å². The molecule has 0 fully saturated rings. The van der Waals surface area contributed by atoms with Crippen molar-refractivity contribution in [3.8, 4) is 22.5 Å². The summed E-state index contributed by atoms with van der Waals surface area (Å²) < 4.78 is 6.65. The van der Waals surface area contributed by atoms with Gasteiger partial charge in [0.2, 0.25) is 0 Å². The van der Waals surface area contributed by atoms with Gasteiger partial charge in [-0.25, -0.2) is 0 Å². The van der Waals surface area contributed by atoms with Crippen LogP contribution in [0.3, 0.4) is 0 Å². The summed E-state index contributed by atoms with van der Waals surface area (Å²) >= 11 is 0. The summed E-state index contributed by atoms with van der Waals surface area (Å²) in [5, 5.41) is 3.54. The maximum atomic E-state index is 6.65. The molecule has 2 heteroatoms. The maximum Gasteiger partial charge on any atom is 0.145 e. The molecule has 1 aromatic heterocycles. The Morgan fingerprint density at radius 3 is 1.97 bits per heavy atom. The minimum Gasteiger partial charge on any atom is -0.455 e. The molecule has 38 heavy (non-hydrogen) atoms. The summed E-state index contributed by atoms with van der Waals surface area (Å²) in [6, 6.07) is 53.0. The summed E-state index contributed by atoms with van der Waals surface area (Å²) in [4.78, 5) is 2.32. The van der Waals surface area contributed by atoms with E-state index in [1.54, 1.807) is 0 Å². The van der Waals surface area contributed by atoms with Crippen LogP contribution < -0.4 is 4.90 Å². The number of hydrogen-bond donors (Lipinski definition) is 0. The van der Waals surface area contributed by atoms with Gasteiger partial charge in [-0.3, -0.25) is 0 Å². The second-order valence-corrected chi connectivity index (χ2v) is 9.39. The van der Waals surface area contributed by atoms with E-state index in [9.17, 15) is 0 Å².